The highest BCUT2D eigenvalue weighted by Crippen LogP contribution is 2.40. The zero-order valence-corrected chi connectivity index (χ0v) is 20.5. The van der Waals surface area contributed by atoms with Crippen LogP contribution in [0.1, 0.15) is 39.2 Å². The summed E-state index contributed by atoms with van der Waals surface area (Å²) < 4.78 is 13.8. The Morgan fingerprint density at radius 1 is 1.32 bits per heavy atom. The summed E-state index contributed by atoms with van der Waals surface area (Å²) in [7, 11) is 3.43. The van der Waals surface area contributed by atoms with Gasteiger partial charge in [-0.1, -0.05) is 6.07 Å². The second-order valence-electron chi connectivity index (χ2n) is 8.61. The molecule has 8 heteroatoms. The van der Waals surface area contributed by atoms with Crippen molar-refractivity contribution in [1.29, 1.82) is 0 Å². The van der Waals surface area contributed by atoms with Crippen LogP contribution in [0.25, 0.3) is 0 Å². The number of aryl methyl sites for hydroxylation is 1. The van der Waals surface area contributed by atoms with E-state index in [0.717, 1.165) is 29.4 Å². The predicted octanol–water partition coefficient (Wildman–Crippen LogP) is 4.24. The lowest BCUT2D eigenvalue weighted by Crippen LogP contribution is -2.32. The van der Waals surface area contributed by atoms with Gasteiger partial charge in [-0.05, 0) is 72.8 Å². The number of anilines is 2. The molecule has 1 aliphatic carbocycles. The second-order valence-corrected chi connectivity index (χ2v) is 9.53. The number of hydrogen-bond donors (Lipinski definition) is 1. The molecule has 0 amide bonds. The Balaban J connectivity index is 2.01. The quantitative estimate of drug-likeness (QED) is 0.418. The first-order valence-corrected chi connectivity index (χ1v) is 11.2. The van der Waals surface area contributed by atoms with E-state index in [2.05, 4.69) is 21.2 Å². The summed E-state index contributed by atoms with van der Waals surface area (Å²) in [6, 6.07) is 5.77. The van der Waals surface area contributed by atoms with Gasteiger partial charge in [-0.25, -0.2) is 4.98 Å². The van der Waals surface area contributed by atoms with Crippen molar-refractivity contribution in [2.75, 3.05) is 25.2 Å². The van der Waals surface area contributed by atoms with Gasteiger partial charge in [0.05, 0.1) is 6.61 Å². The average Bonchev–Trinajstić information content (AvgIpc) is 3.54. The summed E-state index contributed by atoms with van der Waals surface area (Å²) in [5, 5.41) is 3.32. The molecule has 1 N–H and O–H groups in total. The molecule has 1 saturated carbocycles. The van der Waals surface area contributed by atoms with Crippen molar-refractivity contribution in [3.05, 3.63) is 62.4 Å². The van der Waals surface area contributed by atoms with Gasteiger partial charge in [0, 0.05) is 44.1 Å². The third-order valence-electron chi connectivity index (χ3n) is 4.63. The fraction of sp³-hybridized carbons (Fsp3) is 0.478. The number of halogens is 1. The standard InChI is InChI=1S/C23H31BrN4O3/c1-23(2,3)31-22(17-7-8-17)28(19-12-18(24)15-27(4)21(19)29)20-9-6-16(14-26-20)13-25-10-11-30-5/h6,9,12,14-15,25H,7-8,10-11,13H2,1-5H3. The Bertz CT molecular complexity index is 987. The molecule has 0 saturated heterocycles. The highest BCUT2D eigenvalue weighted by Gasteiger charge is 2.31. The summed E-state index contributed by atoms with van der Waals surface area (Å²) in [5.74, 6) is 1.34. The molecular formula is C23H31BrN4O3. The van der Waals surface area contributed by atoms with E-state index in [4.69, 9.17) is 14.5 Å². The number of methoxy groups -OCH3 is 1. The Morgan fingerprint density at radius 2 is 2.06 bits per heavy atom. The SMILES string of the molecule is COCCNCc1ccc(N(C(OC(C)(C)C)=C2CC2)c2cc(Br)cn(C)c2=O)nc1. The van der Waals surface area contributed by atoms with Crippen molar-refractivity contribution in [3.8, 4) is 0 Å². The van der Waals surface area contributed by atoms with Crippen molar-refractivity contribution in [3.63, 3.8) is 0 Å². The van der Waals surface area contributed by atoms with Gasteiger partial charge in [-0.2, -0.15) is 0 Å². The maximum absolute atomic E-state index is 13.1. The highest BCUT2D eigenvalue weighted by atomic mass is 79.9. The molecule has 2 aromatic heterocycles. The Labute approximate surface area is 192 Å². The van der Waals surface area contributed by atoms with Gasteiger partial charge in [-0.3, -0.25) is 9.69 Å². The summed E-state index contributed by atoms with van der Waals surface area (Å²) in [5.41, 5.74) is 2.20. The number of rotatable bonds is 9. The number of allylic oxidation sites excluding steroid dienone is 1. The van der Waals surface area contributed by atoms with Crippen LogP contribution >= 0.6 is 15.9 Å². The first-order chi connectivity index (χ1) is 14.7. The molecule has 2 aromatic rings. The summed E-state index contributed by atoms with van der Waals surface area (Å²) in [6.45, 7) is 8.16. The van der Waals surface area contributed by atoms with Crippen molar-refractivity contribution in [1.82, 2.24) is 14.9 Å². The van der Waals surface area contributed by atoms with E-state index in [1.807, 2.05) is 50.1 Å². The van der Waals surface area contributed by atoms with Crippen molar-refractivity contribution >= 4 is 27.4 Å². The average molecular weight is 491 g/mol. The monoisotopic (exact) mass is 490 g/mol. The maximum atomic E-state index is 13.1. The van der Waals surface area contributed by atoms with Crippen LogP contribution in [0.15, 0.2) is 51.3 Å². The number of nitrogens with zero attached hydrogens (tertiary/aromatic N) is 3. The van der Waals surface area contributed by atoms with Crippen LogP contribution in [-0.2, 0) is 23.1 Å². The number of aromatic nitrogens is 2. The molecule has 1 fully saturated rings. The minimum atomic E-state index is -0.411. The topological polar surface area (TPSA) is 68.6 Å². The predicted molar refractivity (Wildman–Crippen MR) is 126 cm³/mol. The number of pyridine rings is 2. The minimum absolute atomic E-state index is 0.119. The molecule has 0 bridgehead atoms. The van der Waals surface area contributed by atoms with Crippen LogP contribution in [0.5, 0.6) is 0 Å². The van der Waals surface area contributed by atoms with Crippen LogP contribution in [0.2, 0.25) is 0 Å². The lowest BCUT2D eigenvalue weighted by Gasteiger charge is -2.31. The molecule has 2 heterocycles. The molecule has 168 valence electrons. The number of ether oxygens (including phenoxy) is 2. The van der Waals surface area contributed by atoms with Crippen molar-refractivity contribution in [2.24, 2.45) is 7.05 Å². The fourth-order valence-corrected chi connectivity index (χ4v) is 3.58. The van der Waals surface area contributed by atoms with E-state index in [1.165, 1.54) is 5.57 Å². The van der Waals surface area contributed by atoms with E-state index < -0.39 is 5.60 Å². The van der Waals surface area contributed by atoms with Gasteiger partial charge < -0.3 is 19.4 Å². The molecule has 0 aliphatic heterocycles. The summed E-state index contributed by atoms with van der Waals surface area (Å²) >= 11 is 3.52. The maximum Gasteiger partial charge on any atom is 0.274 e. The minimum Gasteiger partial charge on any atom is -0.473 e. The van der Waals surface area contributed by atoms with Gasteiger partial charge >= 0.3 is 0 Å². The van der Waals surface area contributed by atoms with Crippen LogP contribution in [0.3, 0.4) is 0 Å². The summed E-state index contributed by atoms with van der Waals surface area (Å²) in [4.78, 5) is 19.6. The Hall–Kier alpha value is -2.16. The Kier molecular flexibility index (Phi) is 7.56. The largest absolute Gasteiger partial charge is 0.473 e. The van der Waals surface area contributed by atoms with E-state index in [0.29, 0.717) is 30.5 Å². The third kappa shape index (κ3) is 6.41. The molecule has 1 aliphatic rings. The molecule has 31 heavy (non-hydrogen) atoms. The van der Waals surface area contributed by atoms with Crippen molar-refractivity contribution in [2.45, 2.75) is 45.8 Å². The molecule has 7 nitrogen and oxygen atoms in total. The van der Waals surface area contributed by atoms with E-state index in [9.17, 15) is 4.79 Å². The zero-order valence-electron chi connectivity index (χ0n) is 18.9. The lowest BCUT2D eigenvalue weighted by atomic mass is 10.2. The molecule has 0 aromatic carbocycles. The Morgan fingerprint density at radius 3 is 2.65 bits per heavy atom. The van der Waals surface area contributed by atoms with E-state index >= 15 is 0 Å². The molecular weight excluding hydrogens is 460 g/mol. The summed E-state index contributed by atoms with van der Waals surface area (Å²) in [6.07, 6.45) is 5.49. The van der Waals surface area contributed by atoms with E-state index in [1.54, 1.807) is 24.9 Å². The first kappa shape index (κ1) is 23.5. The van der Waals surface area contributed by atoms with Crippen LogP contribution in [0.4, 0.5) is 11.5 Å². The zero-order chi connectivity index (χ0) is 22.6. The van der Waals surface area contributed by atoms with Crippen LogP contribution < -0.4 is 15.8 Å². The normalized spacial score (nSPS) is 13.3. The first-order valence-electron chi connectivity index (χ1n) is 10.4. The number of hydrogen-bond acceptors (Lipinski definition) is 6. The van der Waals surface area contributed by atoms with Gasteiger partial charge in [0.25, 0.3) is 5.56 Å². The molecule has 3 rings (SSSR count). The molecule has 0 atom stereocenters. The fourth-order valence-electron chi connectivity index (χ4n) is 3.05. The van der Waals surface area contributed by atoms with Gasteiger partial charge in [0.15, 0.2) is 5.88 Å². The molecule has 0 spiro atoms. The van der Waals surface area contributed by atoms with Crippen LogP contribution in [0, 0.1) is 0 Å². The molecule has 0 unspecified atom stereocenters. The third-order valence-corrected chi connectivity index (χ3v) is 5.06. The van der Waals surface area contributed by atoms with Crippen LogP contribution in [-0.4, -0.2) is 35.4 Å². The molecule has 0 radical (unpaired) electrons. The lowest BCUT2D eigenvalue weighted by molar-refractivity contribution is 0.0493. The smallest absolute Gasteiger partial charge is 0.274 e. The van der Waals surface area contributed by atoms with Gasteiger partial charge in [0.2, 0.25) is 0 Å². The van der Waals surface area contributed by atoms with Crippen molar-refractivity contribution < 1.29 is 9.47 Å². The number of nitrogens with one attached hydrogen (secondary N) is 1. The highest BCUT2D eigenvalue weighted by molar-refractivity contribution is 9.10. The second kappa shape index (κ2) is 9.97. The van der Waals surface area contributed by atoms with Gasteiger partial charge in [0.1, 0.15) is 17.1 Å². The van der Waals surface area contributed by atoms with Gasteiger partial charge in [-0.15, -0.1) is 0 Å². The van der Waals surface area contributed by atoms with E-state index in [-0.39, 0.29) is 5.56 Å².